The molecule has 0 amide bonds. The van der Waals surface area contributed by atoms with Gasteiger partial charge < -0.3 is 0 Å². The number of halogens is 3. The summed E-state index contributed by atoms with van der Waals surface area (Å²) in [6.45, 7) is 1.75. The second-order valence-corrected chi connectivity index (χ2v) is 4.83. The van der Waals surface area contributed by atoms with Gasteiger partial charge in [-0.15, -0.1) is 5.92 Å². The second-order valence-electron chi connectivity index (χ2n) is 3.58. The lowest BCUT2D eigenvalue weighted by Gasteiger charge is -2.07. The molecule has 18 heavy (non-hydrogen) atoms. The van der Waals surface area contributed by atoms with Gasteiger partial charge in [0, 0.05) is 28.0 Å². The molecule has 2 aromatic rings. The Hall–Kier alpha value is -1.20. The van der Waals surface area contributed by atoms with E-state index >= 15 is 0 Å². The Morgan fingerprint density at radius 1 is 1.00 bits per heavy atom. The molecular formula is C14H8Cl3N. The fourth-order valence-corrected chi connectivity index (χ4v) is 2.36. The van der Waals surface area contributed by atoms with Crippen molar-refractivity contribution in [1.82, 2.24) is 4.98 Å². The Morgan fingerprint density at radius 3 is 2.28 bits per heavy atom. The summed E-state index contributed by atoms with van der Waals surface area (Å²) < 4.78 is 0. The summed E-state index contributed by atoms with van der Waals surface area (Å²) in [6, 6.07) is 5.25. The first-order valence-corrected chi connectivity index (χ1v) is 6.28. The first kappa shape index (κ1) is 13.2. The third-order valence-electron chi connectivity index (χ3n) is 2.31. The molecule has 0 atom stereocenters. The fourth-order valence-electron chi connectivity index (χ4n) is 1.58. The quantitative estimate of drug-likeness (QED) is 0.669. The van der Waals surface area contributed by atoms with Crippen molar-refractivity contribution in [2.75, 3.05) is 0 Å². The van der Waals surface area contributed by atoms with Crippen molar-refractivity contribution < 1.29 is 0 Å². The van der Waals surface area contributed by atoms with Crippen LogP contribution in [-0.4, -0.2) is 4.98 Å². The van der Waals surface area contributed by atoms with Crippen LogP contribution in [0.15, 0.2) is 30.6 Å². The predicted octanol–water partition coefficient (Wildman–Crippen LogP) is 5.08. The van der Waals surface area contributed by atoms with Gasteiger partial charge in [0.1, 0.15) is 0 Å². The summed E-state index contributed by atoms with van der Waals surface area (Å²) >= 11 is 18.3. The maximum absolute atomic E-state index is 6.30. The molecule has 0 fully saturated rings. The molecule has 0 aliphatic rings. The lowest BCUT2D eigenvalue weighted by Crippen LogP contribution is -1.87. The number of rotatable bonds is 1. The van der Waals surface area contributed by atoms with E-state index in [1.165, 1.54) is 0 Å². The molecule has 1 aromatic carbocycles. The molecule has 0 aliphatic carbocycles. The highest BCUT2D eigenvalue weighted by molar-refractivity contribution is 6.36. The summed E-state index contributed by atoms with van der Waals surface area (Å²) in [7, 11) is 0. The first-order valence-electron chi connectivity index (χ1n) is 5.14. The number of nitrogens with zero attached hydrogens (tertiary/aromatic N) is 1. The van der Waals surface area contributed by atoms with Crippen LogP contribution in [0.25, 0.3) is 11.1 Å². The van der Waals surface area contributed by atoms with Crippen LogP contribution in [0.2, 0.25) is 15.1 Å². The summed E-state index contributed by atoms with van der Waals surface area (Å²) in [4.78, 5) is 4.13. The zero-order chi connectivity index (χ0) is 13.1. The molecule has 4 heteroatoms. The van der Waals surface area contributed by atoms with Gasteiger partial charge in [0.25, 0.3) is 0 Å². The van der Waals surface area contributed by atoms with Gasteiger partial charge in [-0.05, 0) is 30.7 Å². The highest BCUT2D eigenvalue weighted by Gasteiger charge is 2.09. The van der Waals surface area contributed by atoms with E-state index in [9.17, 15) is 0 Å². The van der Waals surface area contributed by atoms with E-state index in [-0.39, 0.29) is 0 Å². The van der Waals surface area contributed by atoms with Crippen molar-refractivity contribution in [3.8, 4) is 23.0 Å². The standard InChI is InChI=1S/C14H8Cl3N/c1-2-3-9-7-18-8-13(14(9)17)10-4-11(15)6-12(16)5-10/h4-8H,1H3. The Balaban J connectivity index is 2.62. The third kappa shape index (κ3) is 2.79. The molecule has 0 unspecified atom stereocenters. The monoisotopic (exact) mass is 295 g/mol. The van der Waals surface area contributed by atoms with Crippen molar-refractivity contribution in [2.45, 2.75) is 6.92 Å². The third-order valence-corrected chi connectivity index (χ3v) is 3.16. The van der Waals surface area contributed by atoms with Gasteiger partial charge in [0.15, 0.2) is 0 Å². The molecular weight excluding hydrogens is 289 g/mol. The summed E-state index contributed by atoms with van der Waals surface area (Å²) in [5.41, 5.74) is 2.28. The minimum atomic E-state index is 0.553. The Labute approximate surface area is 121 Å². The molecule has 90 valence electrons. The number of pyridine rings is 1. The summed E-state index contributed by atoms with van der Waals surface area (Å²) in [5, 5.41) is 1.67. The van der Waals surface area contributed by atoms with Gasteiger partial charge >= 0.3 is 0 Å². The van der Waals surface area contributed by atoms with Crippen LogP contribution in [0.5, 0.6) is 0 Å². The molecule has 0 bridgehead atoms. The molecule has 2 rings (SSSR count). The van der Waals surface area contributed by atoms with E-state index in [1.807, 2.05) is 0 Å². The van der Waals surface area contributed by atoms with Gasteiger partial charge in [0.2, 0.25) is 0 Å². The average Bonchev–Trinajstić information content (AvgIpc) is 2.31. The van der Waals surface area contributed by atoms with Crippen LogP contribution in [0.1, 0.15) is 12.5 Å². The van der Waals surface area contributed by atoms with E-state index in [2.05, 4.69) is 16.8 Å². The van der Waals surface area contributed by atoms with Crippen LogP contribution in [0.3, 0.4) is 0 Å². The number of aromatic nitrogens is 1. The number of hydrogen-bond donors (Lipinski definition) is 0. The van der Waals surface area contributed by atoms with E-state index in [1.54, 1.807) is 37.5 Å². The van der Waals surface area contributed by atoms with Crippen LogP contribution < -0.4 is 0 Å². The van der Waals surface area contributed by atoms with Crippen molar-refractivity contribution in [2.24, 2.45) is 0 Å². The molecule has 0 spiro atoms. The predicted molar refractivity (Wildman–Crippen MR) is 77.3 cm³/mol. The summed E-state index contributed by atoms with van der Waals surface area (Å²) in [6.07, 6.45) is 3.31. The lowest BCUT2D eigenvalue weighted by molar-refractivity contribution is 1.31. The SMILES string of the molecule is CC#Cc1cncc(-c2cc(Cl)cc(Cl)c2)c1Cl. The van der Waals surface area contributed by atoms with Crippen LogP contribution in [-0.2, 0) is 0 Å². The van der Waals surface area contributed by atoms with Crippen LogP contribution in [0.4, 0.5) is 0 Å². The molecule has 1 nitrogen and oxygen atoms in total. The minimum Gasteiger partial charge on any atom is -0.263 e. The molecule has 0 radical (unpaired) electrons. The maximum Gasteiger partial charge on any atom is 0.0672 e. The normalized spacial score (nSPS) is 9.78. The Morgan fingerprint density at radius 2 is 1.67 bits per heavy atom. The minimum absolute atomic E-state index is 0.553. The lowest BCUT2D eigenvalue weighted by atomic mass is 10.1. The van der Waals surface area contributed by atoms with Crippen molar-refractivity contribution in [1.29, 1.82) is 0 Å². The Kier molecular flexibility index (Phi) is 4.14. The molecule has 0 saturated heterocycles. The number of hydrogen-bond acceptors (Lipinski definition) is 1. The number of benzene rings is 1. The molecule has 0 saturated carbocycles. The fraction of sp³-hybridized carbons (Fsp3) is 0.0714. The molecule has 0 aliphatic heterocycles. The zero-order valence-electron chi connectivity index (χ0n) is 9.47. The van der Waals surface area contributed by atoms with E-state index in [4.69, 9.17) is 34.8 Å². The average molecular weight is 297 g/mol. The summed E-state index contributed by atoms with van der Waals surface area (Å²) in [5.74, 6) is 5.70. The first-order chi connectivity index (χ1) is 8.61. The zero-order valence-corrected chi connectivity index (χ0v) is 11.7. The highest BCUT2D eigenvalue weighted by Crippen LogP contribution is 2.33. The smallest absolute Gasteiger partial charge is 0.0672 e. The Bertz CT molecular complexity index is 634. The van der Waals surface area contributed by atoms with Crippen LogP contribution in [0, 0.1) is 11.8 Å². The maximum atomic E-state index is 6.30. The van der Waals surface area contributed by atoms with E-state index < -0.39 is 0 Å². The van der Waals surface area contributed by atoms with Gasteiger partial charge in [-0.1, -0.05) is 40.7 Å². The molecule has 1 aromatic heterocycles. The highest BCUT2D eigenvalue weighted by atomic mass is 35.5. The van der Waals surface area contributed by atoms with Gasteiger partial charge in [-0.3, -0.25) is 4.98 Å². The second kappa shape index (κ2) is 5.63. The van der Waals surface area contributed by atoms with Gasteiger partial charge in [-0.25, -0.2) is 0 Å². The van der Waals surface area contributed by atoms with Gasteiger partial charge in [0.05, 0.1) is 10.6 Å². The van der Waals surface area contributed by atoms with Crippen molar-refractivity contribution in [3.63, 3.8) is 0 Å². The van der Waals surface area contributed by atoms with E-state index in [0.717, 1.165) is 11.1 Å². The van der Waals surface area contributed by atoms with E-state index in [0.29, 0.717) is 20.6 Å². The van der Waals surface area contributed by atoms with Gasteiger partial charge in [-0.2, -0.15) is 0 Å². The topological polar surface area (TPSA) is 12.9 Å². The van der Waals surface area contributed by atoms with Crippen molar-refractivity contribution in [3.05, 3.63) is 51.2 Å². The van der Waals surface area contributed by atoms with Crippen molar-refractivity contribution >= 4 is 34.8 Å². The molecule has 1 heterocycles. The van der Waals surface area contributed by atoms with Crippen LogP contribution >= 0.6 is 34.8 Å². The largest absolute Gasteiger partial charge is 0.263 e. The molecule has 0 N–H and O–H groups in total.